The zero-order valence-corrected chi connectivity index (χ0v) is 18.9. The summed E-state index contributed by atoms with van der Waals surface area (Å²) in [7, 11) is 0. The van der Waals surface area contributed by atoms with Crippen LogP contribution in [0.4, 0.5) is 5.95 Å². The van der Waals surface area contributed by atoms with Crippen LogP contribution in [0, 0.1) is 12.3 Å². The highest BCUT2D eigenvalue weighted by atomic mass is 15.3. The first-order valence-corrected chi connectivity index (χ1v) is 11.1. The number of nitrogens with one attached hydrogen (secondary N) is 1. The third-order valence-electron chi connectivity index (χ3n) is 6.42. The van der Waals surface area contributed by atoms with Gasteiger partial charge in [0.2, 0.25) is 5.95 Å². The Balaban J connectivity index is 1.64. The Hall–Kier alpha value is -2.69. The molecular weight excluding hydrogens is 370 g/mol. The molecule has 1 saturated carbocycles. The van der Waals surface area contributed by atoms with E-state index in [0.29, 0.717) is 11.5 Å². The third kappa shape index (κ3) is 4.25. The van der Waals surface area contributed by atoms with Crippen molar-refractivity contribution in [1.29, 1.82) is 0 Å². The smallest absolute Gasteiger partial charge is 0.241 e. The summed E-state index contributed by atoms with van der Waals surface area (Å²) >= 11 is 0. The van der Waals surface area contributed by atoms with E-state index >= 15 is 0 Å². The average Bonchev–Trinajstić information content (AvgIpc) is 3.15. The molecule has 0 bridgehead atoms. The molecule has 5 nitrogen and oxygen atoms in total. The van der Waals surface area contributed by atoms with E-state index in [1.54, 1.807) is 0 Å². The standard InChI is InChI=1S/C25H33N5/c1-6-21-23-20(18(3)16-22-17(2)8-7-14-26-22)11-15-30(23)29-24(28-21)27-19-9-12-25(4,5)13-10-19/h7-8,11,14-16,19H,6,9-10,12-13H2,1-5H3,(H,27,29)/b18-16+. The van der Waals surface area contributed by atoms with Crippen LogP contribution in [0.5, 0.6) is 0 Å². The maximum Gasteiger partial charge on any atom is 0.241 e. The van der Waals surface area contributed by atoms with Crippen LogP contribution in [0.1, 0.15) is 75.9 Å². The summed E-state index contributed by atoms with van der Waals surface area (Å²) < 4.78 is 1.99. The quantitative estimate of drug-likeness (QED) is 0.573. The van der Waals surface area contributed by atoms with Crippen LogP contribution in [-0.2, 0) is 6.42 Å². The van der Waals surface area contributed by atoms with Gasteiger partial charge >= 0.3 is 0 Å². The first kappa shape index (κ1) is 20.6. The second-order valence-electron chi connectivity index (χ2n) is 9.37. The minimum atomic E-state index is 0.461. The van der Waals surface area contributed by atoms with Crippen LogP contribution in [0.2, 0.25) is 0 Å². The number of nitrogens with zero attached hydrogens (tertiary/aromatic N) is 4. The lowest BCUT2D eigenvalue weighted by molar-refractivity contribution is 0.232. The molecule has 0 spiro atoms. The highest BCUT2D eigenvalue weighted by Gasteiger charge is 2.27. The van der Waals surface area contributed by atoms with E-state index in [4.69, 9.17) is 10.1 Å². The van der Waals surface area contributed by atoms with Crippen LogP contribution in [0.15, 0.2) is 30.6 Å². The zero-order chi connectivity index (χ0) is 21.3. The molecule has 3 aromatic heterocycles. The average molecular weight is 404 g/mol. The number of rotatable bonds is 5. The lowest BCUT2D eigenvalue weighted by atomic mass is 9.76. The van der Waals surface area contributed by atoms with Crippen molar-refractivity contribution in [1.82, 2.24) is 19.6 Å². The highest BCUT2D eigenvalue weighted by Crippen LogP contribution is 2.36. The second-order valence-corrected chi connectivity index (χ2v) is 9.37. The first-order valence-electron chi connectivity index (χ1n) is 11.1. The molecule has 1 fully saturated rings. The summed E-state index contributed by atoms with van der Waals surface area (Å²) in [5.41, 5.74) is 7.16. The van der Waals surface area contributed by atoms with Crippen LogP contribution >= 0.6 is 0 Å². The molecule has 30 heavy (non-hydrogen) atoms. The molecule has 1 aliphatic rings. The van der Waals surface area contributed by atoms with E-state index in [-0.39, 0.29) is 0 Å². The number of allylic oxidation sites excluding steroid dienone is 1. The summed E-state index contributed by atoms with van der Waals surface area (Å²) in [5, 5.41) is 8.40. The van der Waals surface area contributed by atoms with E-state index < -0.39 is 0 Å². The van der Waals surface area contributed by atoms with E-state index in [1.807, 2.05) is 23.0 Å². The number of pyridine rings is 1. The summed E-state index contributed by atoms with van der Waals surface area (Å²) in [4.78, 5) is 9.42. The predicted octanol–water partition coefficient (Wildman–Crippen LogP) is 5.94. The largest absolute Gasteiger partial charge is 0.350 e. The van der Waals surface area contributed by atoms with E-state index in [0.717, 1.165) is 29.3 Å². The predicted molar refractivity (Wildman–Crippen MR) is 125 cm³/mol. The molecule has 3 heterocycles. The van der Waals surface area contributed by atoms with Gasteiger partial charge in [-0.3, -0.25) is 4.98 Å². The number of hydrogen-bond donors (Lipinski definition) is 1. The highest BCUT2D eigenvalue weighted by molar-refractivity contribution is 5.88. The molecule has 0 aliphatic heterocycles. The molecule has 0 amide bonds. The number of aromatic nitrogens is 4. The van der Waals surface area contributed by atoms with Crippen molar-refractivity contribution in [3.05, 3.63) is 53.1 Å². The minimum absolute atomic E-state index is 0.461. The summed E-state index contributed by atoms with van der Waals surface area (Å²) in [6, 6.07) is 6.67. The Morgan fingerprint density at radius 3 is 2.73 bits per heavy atom. The molecule has 158 valence electrons. The minimum Gasteiger partial charge on any atom is -0.350 e. The fourth-order valence-electron chi connectivity index (χ4n) is 4.38. The molecule has 0 atom stereocenters. The fraction of sp³-hybridized carbons (Fsp3) is 0.480. The first-order chi connectivity index (χ1) is 14.4. The molecule has 5 heteroatoms. The molecule has 3 aromatic rings. The lowest BCUT2D eigenvalue weighted by Crippen LogP contribution is -2.30. The van der Waals surface area contributed by atoms with Gasteiger partial charge in [-0.25, -0.2) is 9.50 Å². The van der Waals surface area contributed by atoms with Gasteiger partial charge in [-0.1, -0.05) is 26.8 Å². The van der Waals surface area contributed by atoms with Gasteiger partial charge in [0.25, 0.3) is 0 Å². The molecule has 0 aromatic carbocycles. The molecular formula is C25H33N5. The monoisotopic (exact) mass is 403 g/mol. The zero-order valence-electron chi connectivity index (χ0n) is 18.9. The molecule has 1 aliphatic carbocycles. The Bertz CT molecular complexity index is 1070. The molecule has 0 saturated heterocycles. The van der Waals surface area contributed by atoms with Gasteiger partial charge in [-0.05, 0) is 80.7 Å². The summed E-state index contributed by atoms with van der Waals surface area (Å²) in [6.07, 6.45) is 11.8. The van der Waals surface area contributed by atoms with Crippen molar-refractivity contribution in [2.75, 3.05) is 5.32 Å². The Morgan fingerprint density at radius 2 is 2.03 bits per heavy atom. The van der Waals surface area contributed by atoms with Crippen LogP contribution < -0.4 is 5.32 Å². The van der Waals surface area contributed by atoms with Gasteiger partial charge in [0.05, 0.1) is 16.9 Å². The van der Waals surface area contributed by atoms with E-state index in [1.165, 1.54) is 42.4 Å². The Kier molecular flexibility index (Phi) is 5.63. The normalized spacial score (nSPS) is 17.4. The number of hydrogen-bond acceptors (Lipinski definition) is 4. The topological polar surface area (TPSA) is 55.1 Å². The number of anilines is 1. The van der Waals surface area contributed by atoms with Gasteiger partial charge < -0.3 is 5.32 Å². The third-order valence-corrected chi connectivity index (χ3v) is 6.42. The van der Waals surface area contributed by atoms with Gasteiger partial charge in [0, 0.05) is 24.0 Å². The van der Waals surface area contributed by atoms with E-state index in [9.17, 15) is 0 Å². The summed E-state index contributed by atoms with van der Waals surface area (Å²) in [6.45, 7) is 11.1. The van der Waals surface area contributed by atoms with Gasteiger partial charge in [0.15, 0.2) is 0 Å². The van der Waals surface area contributed by atoms with Crippen molar-refractivity contribution in [3.8, 4) is 0 Å². The molecule has 1 N–H and O–H groups in total. The van der Waals surface area contributed by atoms with Gasteiger partial charge in [-0.2, -0.15) is 0 Å². The van der Waals surface area contributed by atoms with Gasteiger partial charge in [0.1, 0.15) is 0 Å². The SMILES string of the molecule is CCc1nc(NC2CCC(C)(C)CC2)nn2ccc(/C(C)=C/c3ncccc3C)c12. The Labute approximate surface area is 179 Å². The maximum atomic E-state index is 4.90. The van der Waals surface area contributed by atoms with Crippen molar-refractivity contribution in [2.24, 2.45) is 5.41 Å². The molecule has 4 rings (SSSR count). The lowest BCUT2D eigenvalue weighted by Gasteiger charge is -2.34. The second kappa shape index (κ2) is 8.21. The van der Waals surface area contributed by atoms with Gasteiger partial charge in [-0.15, -0.1) is 5.10 Å². The number of aryl methyl sites for hydroxylation is 2. The van der Waals surface area contributed by atoms with E-state index in [2.05, 4.69) is 63.1 Å². The van der Waals surface area contributed by atoms with Crippen molar-refractivity contribution in [2.45, 2.75) is 72.8 Å². The van der Waals surface area contributed by atoms with Crippen LogP contribution in [0.25, 0.3) is 17.2 Å². The molecule has 0 radical (unpaired) electrons. The van der Waals surface area contributed by atoms with Crippen molar-refractivity contribution in [3.63, 3.8) is 0 Å². The Morgan fingerprint density at radius 1 is 1.27 bits per heavy atom. The number of fused-ring (bicyclic) bond motifs is 1. The van der Waals surface area contributed by atoms with Crippen LogP contribution in [-0.4, -0.2) is 25.6 Å². The van der Waals surface area contributed by atoms with Crippen LogP contribution in [0.3, 0.4) is 0 Å². The van der Waals surface area contributed by atoms with Crippen molar-refractivity contribution >= 4 is 23.1 Å². The summed E-state index contributed by atoms with van der Waals surface area (Å²) in [5.74, 6) is 0.744. The molecule has 0 unspecified atom stereocenters. The maximum absolute atomic E-state index is 4.90. The fourth-order valence-corrected chi connectivity index (χ4v) is 4.38. The van der Waals surface area contributed by atoms with Crippen molar-refractivity contribution < 1.29 is 0 Å².